The Labute approximate surface area is 116 Å². The van der Waals surface area contributed by atoms with Crippen molar-refractivity contribution in [3.05, 3.63) is 52.2 Å². The monoisotopic (exact) mass is 277 g/mol. The predicted octanol–water partition coefficient (Wildman–Crippen LogP) is 4.34. The molecule has 0 amide bonds. The van der Waals surface area contributed by atoms with Crippen molar-refractivity contribution in [1.29, 1.82) is 0 Å². The molecule has 0 aliphatic rings. The van der Waals surface area contributed by atoms with E-state index in [-0.39, 0.29) is 17.6 Å². The van der Waals surface area contributed by atoms with Crippen LogP contribution in [0.4, 0.5) is 4.39 Å². The van der Waals surface area contributed by atoms with E-state index in [1.807, 2.05) is 19.9 Å². The molecule has 1 aromatic carbocycles. The molecule has 0 fully saturated rings. The molecule has 0 saturated heterocycles. The van der Waals surface area contributed by atoms with Gasteiger partial charge in [-0.2, -0.15) is 9.78 Å². The summed E-state index contributed by atoms with van der Waals surface area (Å²) in [7, 11) is 0. The van der Waals surface area contributed by atoms with Crippen molar-refractivity contribution in [2.24, 2.45) is 0 Å². The predicted molar refractivity (Wildman–Crippen MR) is 73.3 cm³/mol. The highest BCUT2D eigenvalue weighted by Crippen LogP contribution is 2.27. The molecule has 0 atom stereocenters. The van der Waals surface area contributed by atoms with Crippen LogP contribution in [0.1, 0.15) is 25.5 Å². The first-order valence-electron chi connectivity index (χ1n) is 5.89. The van der Waals surface area contributed by atoms with Gasteiger partial charge in [0.05, 0.1) is 10.7 Å². The summed E-state index contributed by atoms with van der Waals surface area (Å²) < 4.78 is 14.8. The Balaban J connectivity index is 2.48. The molecule has 0 aliphatic carbocycles. The van der Waals surface area contributed by atoms with Gasteiger partial charge >= 0.3 is 6.67 Å². The van der Waals surface area contributed by atoms with Crippen LogP contribution < -0.4 is 0 Å². The third-order valence-electron chi connectivity index (χ3n) is 2.82. The SMILES string of the molecule is [C-]#[N+]Cn1nc(-c2ccc(F)c(Cl)c2)cc1C(C)C. The largest absolute Gasteiger partial charge is 0.307 e. The quantitative estimate of drug-likeness (QED) is 0.765. The van der Waals surface area contributed by atoms with Crippen LogP contribution in [0.5, 0.6) is 0 Å². The molecule has 0 N–H and O–H groups in total. The molecule has 0 spiro atoms. The van der Waals surface area contributed by atoms with E-state index in [9.17, 15) is 4.39 Å². The zero-order valence-corrected chi connectivity index (χ0v) is 11.4. The highest BCUT2D eigenvalue weighted by atomic mass is 35.5. The zero-order valence-electron chi connectivity index (χ0n) is 10.7. The van der Waals surface area contributed by atoms with Crippen LogP contribution in [-0.2, 0) is 6.67 Å². The zero-order chi connectivity index (χ0) is 14.0. The van der Waals surface area contributed by atoms with Crippen molar-refractivity contribution in [2.75, 3.05) is 0 Å². The molecule has 98 valence electrons. The van der Waals surface area contributed by atoms with Crippen LogP contribution >= 0.6 is 11.6 Å². The first kappa shape index (κ1) is 13.6. The molecule has 1 aromatic heterocycles. The second-order valence-electron chi connectivity index (χ2n) is 4.54. The lowest BCUT2D eigenvalue weighted by Crippen LogP contribution is -2.03. The maximum atomic E-state index is 13.2. The number of halogens is 2. The Morgan fingerprint density at radius 3 is 2.74 bits per heavy atom. The minimum atomic E-state index is -0.449. The van der Waals surface area contributed by atoms with Crippen molar-refractivity contribution in [3.63, 3.8) is 0 Å². The van der Waals surface area contributed by atoms with Crippen LogP contribution in [0, 0.1) is 12.4 Å². The number of benzene rings is 1. The minimum absolute atomic E-state index is 0.0725. The van der Waals surface area contributed by atoms with Crippen molar-refractivity contribution in [3.8, 4) is 11.3 Å². The van der Waals surface area contributed by atoms with Gasteiger partial charge in [0.2, 0.25) is 0 Å². The summed E-state index contributed by atoms with van der Waals surface area (Å²) in [5, 5.41) is 4.46. The normalized spacial score (nSPS) is 10.7. The number of hydrogen-bond donors (Lipinski definition) is 0. The number of aromatic nitrogens is 2. The average Bonchev–Trinajstić information content (AvgIpc) is 2.77. The molecule has 2 rings (SSSR count). The first-order valence-corrected chi connectivity index (χ1v) is 6.27. The molecule has 19 heavy (non-hydrogen) atoms. The fourth-order valence-corrected chi connectivity index (χ4v) is 2.05. The lowest BCUT2D eigenvalue weighted by Gasteiger charge is -2.03. The summed E-state index contributed by atoms with van der Waals surface area (Å²) in [4.78, 5) is 3.35. The van der Waals surface area contributed by atoms with Crippen molar-refractivity contribution < 1.29 is 4.39 Å². The van der Waals surface area contributed by atoms with Gasteiger partial charge in [-0.05, 0) is 30.2 Å². The van der Waals surface area contributed by atoms with Crippen LogP contribution in [0.25, 0.3) is 16.1 Å². The molecule has 3 nitrogen and oxygen atoms in total. The second kappa shape index (κ2) is 5.41. The number of rotatable bonds is 3. The van der Waals surface area contributed by atoms with Gasteiger partial charge in [-0.1, -0.05) is 25.4 Å². The molecule has 5 heteroatoms. The first-order chi connectivity index (χ1) is 9.02. The molecule has 0 unspecified atom stereocenters. The van der Waals surface area contributed by atoms with E-state index >= 15 is 0 Å². The summed E-state index contributed by atoms with van der Waals surface area (Å²) in [5.74, 6) is -0.186. The van der Waals surface area contributed by atoms with E-state index in [0.29, 0.717) is 5.69 Å². The molecule has 2 aromatic rings. The Hall–Kier alpha value is -1.86. The number of nitrogens with zero attached hydrogens (tertiary/aromatic N) is 3. The van der Waals surface area contributed by atoms with Gasteiger partial charge in [-0.15, -0.1) is 0 Å². The molecule has 0 radical (unpaired) electrons. The molecular formula is C14H13ClFN3. The van der Waals surface area contributed by atoms with Gasteiger partial charge in [0.15, 0.2) is 0 Å². The maximum Gasteiger partial charge on any atom is 0.307 e. The van der Waals surface area contributed by atoms with Gasteiger partial charge in [0.25, 0.3) is 0 Å². The van der Waals surface area contributed by atoms with E-state index in [1.54, 1.807) is 16.8 Å². The fourth-order valence-electron chi connectivity index (χ4n) is 1.87. The van der Waals surface area contributed by atoms with Gasteiger partial charge < -0.3 is 0 Å². The standard InChI is InChI=1S/C14H13ClFN3/c1-9(2)14-7-13(18-19(14)8-17-3)10-4-5-12(16)11(15)6-10/h4-7,9H,8H2,1-2H3. The van der Waals surface area contributed by atoms with Crippen molar-refractivity contribution in [1.82, 2.24) is 9.78 Å². The Morgan fingerprint density at radius 1 is 1.42 bits per heavy atom. The lowest BCUT2D eigenvalue weighted by atomic mass is 10.1. The molecule has 0 bridgehead atoms. The maximum absolute atomic E-state index is 13.2. The molecule has 1 heterocycles. The lowest BCUT2D eigenvalue weighted by molar-refractivity contribution is 0.625. The summed E-state index contributed by atoms with van der Waals surface area (Å²) in [6.45, 7) is 11.2. The van der Waals surface area contributed by atoms with Gasteiger partial charge in [0, 0.05) is 11.3 Å². The number of hydrogen-bond acceptors (Lipinski definition) is 1. The highest BCUT2D eigenvalue weighted by Gasteiger charge is 2.14. The molecule has 0 aliphatic heterocycles. The van der Waals surface area contributed by atoms with Crippen molar-refractivity contribution >= 4 is 11.6 Å². The van der Waals surface area contributed by atoms with Crippen LogP contribution in [0.3, 0.4) is 0 Å². The summed E-state index contributed by atoms with van der Waals surface area (Å²) in [6, 6.07) is 6.42. The fraction of sp³-hybridized carbons (Fsp3) is 0.286. The van der Waals surface area contributed by atoms with E-state index in [2.05, 4.69) is 9.94 Å². The summed E-state index contributed by atoms with van der Waals surface area (Å²) in [5.41, 5.74) is 2.43. The topological polar surface area (TPSA) is 22.2 Å². The molecule has 0 saturated carbocycles. The second-order valence-corrected chi connectivity index (χ2v) is 4.94. The average molecular weight is 278 g/mol. The highest BCUT2D eigenvalue weighted by molar-refractivity contribution is 6.31. The third-order valence-corrected chi connectivity index (χ3v) is 3.11. The summed E-state index contributed by atoms with van der Waals surface area (Å²) in [6.07, 6.45) is 0. The van der Waals surface area contributed by atoms with E-state index in [1.165, 1.54) is 6.07 Å². The minimum Gasteiger partial charge on any atom is -0.291 e. The smallest absolute Gasteiger partial charge is 0.291 e. The molecular weight excluding hydrogens is 265 g/mol. The van der Waals surface area contributed by atoms with E-state index < -0.39 is 5.82 Å². The Kier molecular flexibility index (Phi) is 3.87. The van der Waals surface area contributed by atoms with Crippen LogP contribution in [0.2, 0.25) is 5.02 Å². The van der Waals surface area contributed by atoms with Gasteiger partial charge in [-0.3, -0.25) is 4.85 Å². The van der Waals surface area contributed by atoms with Crippen LogP contribution in [0.15, 0.2) is 24.3 Å². The van der Waals surface area contributed by atoms with Gasteiger partial charge in [-0.25, -0.2) is 11.0 Å². The van der Waals surface area contributed by atoms with Crippen LogP contribution in [-0.4, -0.2) is 9.78 Å². The third kappa shape index (κ3) is 2.77. The van der Waals surface area contributed by atoms with Crippen molar-refractivity contribution in [2.45, 2.75) is 26.4 Å². The van der Waals surface area contributed by atoms with Gasteiger partial charge in [0.1, 0.15) is 5.82 Å². The summed E-state index contributed by atoms with van der Waals surface area (Å²) >= 11 is 5.78. The Bertz CT molecular complexity index is 641. The Morgan fingerprint density at radius 2 is 2.16 bits per heavy atom. The van der Waals surface area contributed by atoms with E-state index in [4.69, 9.17) is 18.2 Å². The van der Waals surface area contributed by atoms with E-state index in [0.717, 1.165) is 11.3 Å².